The first kappa shape index (κ1) is 13.7. The molecule has 2 aromatic heterocycles. The van der Waals surface area contributed by atoms with Crippen LogP contribution in [0.1, 0.15) is 10.4 Å². The molecule has 0 atom stereocenters. The Morgan fingerprint density at radius 3 is 2.36 bits per heavy atom. The minimum Gasteiger partial charge on any atom is -0.478 e. The van der Waals surface area contributed by atoms with Crippen molar-refractivity contribution in [3.8, 4) is 11.1 Å². The van der Waals surface area contributed by atoms with E-state index in [-0.39, 0.29) is 5.56 Å². The van der Waals surface area contributed by atoms with E-state index in [9.17, 15) is 4.79 Å². The normalized spacial score (nSPS) is 10.2. The van der Waals surface area contributed by atoms with Crippen molar-refractivity contribution in [1.29, 1.82) is 0 Å². The smallest absolute Gasteiger partial charge is 0.335 e. The molecule has 108 valence electrons. The highest BCUT2D eigenvalue weighted by molar-refractivity contribution is 5.88. The Kier molecular flexibility index (Phi) is 3.74. The number of nitrogens with zero attached hydrogens (tertiary/aromatic N) is 3. The molecule has 22 heavy (non-hydrogen) atoms. The number of benzene rings is 1. The van der Waals surface area contributed by atoms with Crippen molar-refractivity contribution in [3.05, 3.63) is 66.6 Å². The van der Waals surface area contributed by atoms with Gasteiger partial charge in [-0.25, -0.2) is 19.7 Å². The maximum absolute atomic E-state index is 10.9. The number of hydrogen-bond donors (Lipinski definition) is 2. The van der Waals surface area contributed by atoms with E-state index in [0.29, 0.717) is 11.8 Å². The van der Waals surface area contributed by atoms with Crippen LogP contribution in [0.25, 0.3) is 11.1 Å². The zero-order valence-electron chi connectivity index (χ0n) is 11.5. The predicted octanol–water partition coefficient (Wildman–Crippen LogP) is 2.98. The van der Waals surface area contributed by atoms with Crippen LogP contribution in [0.3, 0.4) is 0 Å². The van der Waals surface area contributed by atoms with Crippen LogP contribution in [0.5, 0.6) is 0 Å². The average Bonchev–Trinajstić information content (AvgIpc) is 2.56. The molecule has 0 saturated heterocycles. The van der Waals surface area contributed by atoms with Crippen molar-refractivity contribution in [3.63, 3.8) is 0 Å². The molecule has 3 aromatic rings. The fourth-order valence-corrected chi connectivity index (χ4v) is 1.92. The molecule has 0 aliphatic rings. The van der Waals surface area contributed by atoms with Gasteiger partial charge in [0.05, 0.1) is 5.56 Å². The number of pyridine rings is 1. The molecule has 2 heterocycles. The summed E-state index contributed by atoms with van der Waals surface area (Å²) < 4.78 is 0. The highest BCUT2D eigenvalue weighted by Gasteiger charge is 2.06. The highest BCUT2D eigenvalue weighted by Crippen LogP contribution is 2.18. The van der Waals surface area contributed by atoms with E-state index < -0.39 is 5.97 Å². The van der Waals surface area contributed by atoms with E-state index in [1.165, 1.54) is 18.3 Å². The van der Waals surface area contributed by atoms with Crippen LogP contribution in [-0.4, -0.2) is 26.0 Å². The third kappa shape index (κ3) is 3.06. The third-order valence-electron chi connectivity index (χ3n) is 3.01. The molecule has 1 aromatic carbocycles. The van der Waals surface area contributed by atoms with Crippen molar-refractivity contribution in [2.75, 3.05) is 5.32 Å². The van der Waals surface area contributed by atoms with Gasteiger partial charge >= 0.3 is 5.97 Å². The number of hydrogen-bond acceptors (Lipinski definition) is 5. The lowest BCUT2D eigenvalue weighted by Crippen LogP contribution is -2.02. The molecule has 0 aliphatic heterocycles. The summed E-state index contributed by atoms with van der Waals surface area (Å²) in [4.78, 5) is 23.4. The Labute approximate surface area is 126 Å². The lowest BCUT2D eigenvalue weighted by molar-refractivity contribution is 0.0697. The highest BCUT2D eigenvalue weighted by atomic mass is 16.4. The van der Waals surface area contributed by atoms with Crippen LogP contribution in [0.2, 0.25) is 0 Å². The standard InChI is InChI=1S/C16H12N4O2/c21-15(22)12-6-7-17-14(8-12)20-16-18-9-13(10-19-16)11-4-2-1-3-5-11/h1-10H,(H,21,22)(H,17,18,19,20). The van der Waals surface area contributed by atoms with Gasteiger partial charge in [-0.05, 0) is 17.7 Å². The Morgan fingerprint density at radius 2 is 1.68 bits per heavy atom. The second-order valence-corrected chi connectivity index (χ2v) is 4.52. The molecule has 0 saturated carbocycles. The minimum atomic E-state index is -1.01. The topological polar surface area (TPSA) is 88.0 Å². The fraction of sp³-hybridized carbons (Fsp3) is 0. The van der Waals surface area contributed by atoms with E-state index in [0.717, 1.165) is 11.1 Å². The number of aromatic carboxylic acids is 1. The monoisotopic (exact) mass is 292 g/mol. The number of nitrogens with one attached hydrogen (secondary N) is 1. The number of carboxylic acid groups (broad SMARTS) is 1. The molecule has 0 amide bonds. The molecular weight excluding hydrogens is 280 g/mol. The largest absolute Gasteiger partial charge is 0.478 e. The summed E-state index contributed by atoms with van der Waals surface area (Å²) in [5.41, 5.74) is 2.08. The summed E-state index contributed by atoms with van der Waals surface area (Å²) in [5, 5.41) is 11.8. The van der Waals surface area contributed by atoms with Gasteiger partial charge in [0.25, 0.3) is 0 Å². The quantitative estimate of drug-likeness (QED) is 0.768. The van der Waals surface area contributed by atoms with Crippen LogP contribution < -0.4 is 5.32 Å². The first-order valence-electron chi connectivity index (χ1n) is 6.56. The number of carboxylic acids is 1. The van der Waals surface area contributed by atoms with Crippen LogP contribution in [0, 0.1) is 0 Å². The van der Waals surface area contributed by atoms with E-state index >= 15 is 0 Å². The molecule has 6 nitrogen and oxygen atoms in total. The first-order chi connectivity index (χ1) is 10.7. The first-order valence-corrected chi connectivity index (χ1v) is 6.56. The summed E-state index contributed by atoms with van der Waals surface area (Å²) in [5.74, 6) is -0.270. The van der Waals surface area contributed by atoms with Crippen molar-refractivity contribution in [2.45, 2.75) is 0 Å². The van der Waals surface area contributed by atoms with E-state index in [2.05, 4.69) is 20.3 Å². The maximum Gasteiger partial charge on any atom is 0.335 e. The molecule has 0 bridgehead atoms. The van der Waals surface area contributed by atoms with Gasteiger partial charge in [-0.15, -0.1) is 0 Å². The van der Waals surface area contributed by atoms with Crippen LogP contribution in [-0.2, 0) is 0 Å². The number of carbonyl (C=O) groups is 1. The summed E-state index contributed by atoms with van der Waals surface area (Å²) in [6.45, 7) is 0. The van der Waals surface area contributed by atoms with E-state index in [1.54, 1.807) is 12.4 Å². The molecule has 0 radical (unpaired) electrons. The van der Waals surface area contributed by atoms with Gasteiger partial charge in [0.1, 0.15) is 5.82 Å². The lowest BCUT2D eigenvalue weighted by Gasteiger charge is -2.05. The fourth-order valence-electron chi connectivity index (χ4n) is 1.92. The van der Waals surface area contributed by atoms with Gasteiger partial charge in [-0.1, -0.05) is 30.3 Å². The summed E-state index contributed by atoms with van der Waals surface area (Å²) >= 11 is 0. The Hall–Kier alpha value is -3.28. The van der Waals surface area contributed by atoms with Crippen LogP contribution in [0.15, 0.2) is 61.1 Å². The summed E-state index contributed by atoms with van der Waals surface area (Å²) in [6.07, 6.45) is 4.82. The summed E-state index contributed by atoms with van der Waals surface area (Å²) in [6, 6.07) is 12.6. The number of anilines is 2. The Morgan fingerprint density at radius 1 is 0.955 bits per heavy atom. The molecule has 2 N–H and O–H groups in total. The second-order valence-electron chi connectivity index (χ2n) is 4.52. The van der Waals surface area contributed by atoms with Crippen molar-refractivity contribution < 1.29 is 9.90 Å². The van der Waals surface area contributed by atoms with Crippen molar-refractivity contribution >= 4 is 17.7 Å². The third-order valence-corrected chi connectivity index (χ3v) is 3.01. The Bertz CT molecular complexity index is 789. The van der Waals surface area contributed by atoms with Crippen LogP contribution in [0.4, 0.5) is 11.8 Å². The van der Waals surface area contributed by atoms with Gasteiger partial charge in [0.15, 0.2) is 0 Å². The van der Waals surface area contributed by atoms with Gasteiger partial charge < -0.3 is 10.4 Å². The van der Waals surface area contributed by atoms with Gasteiger partial charge in [0.2, 0.25) is 5.95 Å². The molecule has 0 unspecified atom stereocenters. The number of rotatable bonds is 4. The average molecular weight is 292 g/mol. The zero-order valence-corrected chi connectivity index (χ0v) is 11.5. The van der Waals surface area contributed by atoms with Gasteiger partial charge in [-0.3, -0.25) is 0 Å². The van der Waals surface area contributed by atoms with Gasteiger partial charge in [-0.2, -0.15) is 0 Å². The number of aromatic nitrogens is 3. The molecule has 0 fully saturated rings. The molecule has 6 heteroatoms. The molecule has 0 spiro atoms. The van der Waals surface area contributed by atoms with E-state index in [4.69, 9.17) is 5.11 Å². The second kappa shape index (κ2) is 6.01. The SMILES string of the molecule is O=C(O)c1ccnc(Nc2ncc(-c3ccccc3)cn2)c1. The molecule has 0 aliphatic carbocycles. The summed E-state index contributed by atoms with van der Waals surface area (Å²) in [7, 11) is 0. The minimum absolute atomic E-state index is 0.151. The maximum atomic E-state index is 10.9. The van der Waals surface area contributed by atoms with Crippen LogP contribution >= 0.6 is 0 Å². The predicted molar refractivity (Wildman–Crippen MR) is 81.9 cm³/mol. The lowest BCUT2D eigenvalue weighted by atomic mass is 10.1. The zero-order chi connectivity index (χ0) is 15.4. The molecule has 3 rings (SSSR count). The van der Waals surface area contributed by atoms with Gasteiger partial charge in [0, 0.05) is 24.2 Å². The van der Waals surface area contributed by atoms with Crippen molar-refractivity contribution in [2.24, 2.45) is 0 Å². The molecular formula is C16H12N4O2. The Balaban J connectivity index is 1.79. The van der Waals surface area contributed by atoms with Crippen molar-refractivity contribution in [1.82, 2.24) is 15.0 Å². The van der Waals surface area contributed by atoms with E-state index in [1.807, 2.05) is 30.3 Å².